The van der Waals surface area contributed by atoms with Gasteiger partial charge in [0.15, 0.2) is 0 Å². The fourth-order valence-corrected chi connectivity index (χ4v) is 4.87. The van der Waals surface area contributed by atoms with Gasteiger partial charge in [-0.3, -0.25) is 14.4 Å². The molecule has 1 N–H and O–H groups in total. The molecule has 2 aliphatic rings. The van der Waals surface area contributed by atoms with Crippen LogP contribution in [0.2, 0.25) is 0 Å². The van der Waals surface area contributed by atoms with Crippen molar-refractivity contribution in [3.05, 3.63) is 82.7 Å². The van der Waals surface area contributed by atoms with Crippen molar-refractivity contribution in [1.29, 1.82) is 0 Å². The fraction of sp³-hybridized carbons (Fsp3) is 0.385. The lowest BCUT2D eigenvalue weighted by Gasteiger charge is -2.24. The van der Waals surface area contributed by atoms with Crippen LogP contribution in [0.5, 0.6) is 5.75 Å². The molecule has 1 aliphatic carbocycles. The van der Waals surface area contributed by atoms with Crippen LogP contribution in [0.25, 0.3) is 0 Å². The van der Waals surface area contributed by atoms with Crippen LogP contribution in [0, 0.1) is 0 Å². The molecule has 0 bridgehead atoms. The molecule has 1 atom stereocenters. The normalized spacial score (nSPS) is 18.2. The lowest BCUT2D eigenvalue weighted by Crippen LogP contribution is -2.37. The number of hydrogen-bond donors (Lipinski definition) is 1. The van der Waals surface area contributed by atoms with E-state index in [4.69, 9.17) is 4.74 Å². The summed E-state index contributed by atoms with van der Waals surface area (Å²) in [7, 11) is 1.88. The number of benzene rings is 2. The van der Waals surface area contributed by atoms with E-state index in [0.717, 1.165) is 68.0 Å². The standard InChI is InChI=1S/C26H30N4O2/c1-29-25(21-12-6-7-13-22(21)28-29)26(31)27-15-16-30-17-20-11-5-8-14-23(20)32-24(18-30)19-9-3-2-4-10-19/h2-5,8-11,14,24H,6-7,12-13,15-18H2,1H3,(H,27,31). The lowest BCUT2D eigenvalue weighted by atomic mass is 9.95. The van der Waals surface area contributed by atoms with Crippen LogP contribution in [0.1, 0.15) is 51.8 Å². The van der Waals surface area contributed by atoms with Gasteiger partial charge < -0.3 is 10.1 Å². The average molecular weight is 431 g/mol. The third kappa shape index (κ3) is 4.28. The van der Waals surface area contributed by atoms with E-state index >= 15 is 0 Å². The number of hydrogen-bond acceptors (Lipinski definition) is 4. The summed E-state index contributed by atoms with van der Waals surface area (Å²) in [4.78, 5) is 15.3. The van der Waals surface area contributed by atoms with E-state index in [-0.39, 0.29) is 12.0 Å². The maximum Gasteiger partial charge on any atom is 0.269 e. The molecule has 6 heteroatoms. The topological polar surface area (TPSA) is 59.4 Å². The highest BCUT2D eigenvalue weighted by molar-refractivity contribution is 5.94. The molecule has 166 valence electrons. The first-order chi connectivity index (χ1) is 15.7. The Balaban J connectivity index is 1.27. The van der Waals surface area contributed by atoms with Crippen molar-refractivity contribution in [3.63, 3.8) is 0 Å². The van der Waals surface area contributed by atoms with Gasteiger partial charge in [-0.15, -0.1) is 0 Å². The predicted octanol–water partition coefficient (Wildman–Crippen LogP) is 3.66. The summed E-state index contributed by atoms with van der Waals surface area (Å²) >= 11 is 0. The van der Waals surface area contributed by atoms with Gasteiger partial charge in [0.05, 0.1) is 5.69 Å². The van der Waals surface area contributed by atoms with E-state index in [1.807, 2.05) is 25.2 Å². The predicted molar refractivity (Wildman–Crippen MR) is 124 cm³/mol. The summed E-state index contributed by atoms with van der Waals surface area (Å²) in [6, 6.07) is 18.6. The molecule has 32 heavy (non-hydrogen) atoms. The number of amides is 1. The van der Waals surface area contributed by atoms with E-state index in [1.54, 1.807) is 4.68 Å². The molecule has 2 aromatic carbocycles. The van der Waals surface area contributed by atoms with E-state index in [0.29, 0.717) is 6.54 Å². The summed E-state index contributed by atoms with van der Waals surface area (Å²) in [5.41, 5.74) is 5.30. The van der Waals surface area contributed by atoms with Gasteiger partial charge in [0.25, 0.3) is 5.91 Å². The summed E-state index contributed by atoms with van der Waals surface area (Å²) in [6.07, 6.45) is 4.17. The van der Waals surface area contributed by atoms with Crippen LogP contribution in [0.3, 0.4) is 0 Å². The molecular formula is C26H30N4O2. The number of nitrogens with one attached hydrogen (secondary N) is 1. The second kappa shape index (κ2) is 9.17. The van der Waals surface area contributed by atoms with Crippen LogP contribution >= 0.6 is 0 Å². The van der Waals surface area contributed by atoms with Gasteiger partial charge in [-0.05, 0) is 37.3 Å². The highest BCUT2D eigenvalue weighted by atomic mass is 16.5. The van der Waals surface area contributed by atoms with Crippen LogP contribution in [0.4, 0.5) is 0 Å². The highest BCUT2D eigenvalue weighted by Gasteiger charge is 2.26. The molecule has 1 amide bonds. The van der Waals surface area contributed by atoms with E-state index in [1.165, 1.54) is 11.1 Å². The van der Waals surface area contributed by atoms with Crippen molar-refractivity contribution < 1.29 is 9.53 Å². The number of rotatable bonds is 5. The van der Waals surface area contributed by atoms with Crippen LogP contribution in [0.15, 0.2) is 54.6 Å². The highest BCUT2D eigenvalue weighted by Crippen LogP contribution is 2.31. The molecule has 0 saturated carbocycles. The second-order valence-electron chi connectivity index (χ2n) is 8.72. The van der Waals surface area contributed by atoms with Gasteiger partial charge in [-0.25, -0.2) is 0 Å². The molecule has 1 aliphatic heterocycles. The average Bonchev–Trinajstić information content (AvgIpc) is 3.03. The summed E-state index contributed by atoms with van der Waals surface area (Å²) in [5, 5.41) is 7.72. The smallest absolute Gasteiger partial charge is 0.269 e. The van der Waals surface area contributed by atoms with E-state index < -0.39 is 0 Å². The van der Waals surface area contributed by atoms with Gasteiger partial charge >= 0.3 is 0 Å². The van der Waals surface area contributed by atoms with Gasteiger partial charge in [0.1, 0.15) is 17.5 Å². The Morgan fingerprint density at radius 1 is 1.09 bits per heavy atom. The number of nitrogens with zero attached hydrogens (tertiary/aromatic N) is 3. The lowest BCUT2D eigenvalue weighted by molar-refractivity contribution is 0.0932. The van der Waals surface area contributed by atoms with Crippen molar-refractivity contribution in [2.75, 3.05) is 19.6 Å². The summed E-state index contributed by atoms with van der Waals surface area (Å²) < 4.78 is 8.15. The molecule has 5 rings (SSSR count). The maximum atomic E-state index is 13.0. The van der Waals surface area contributed by atoms with Crippen molar-refractivity contribution in [3.8, 4) is 5.75 Å². The zero-order valence-electron chi connectivity index (χ0n) is 18.6. The van der Waals surface area contributed by atoms with Gasteiger partial charge in [0.2, 0.25) is 0 Å². The van der Waals surface area contributed by atoms with Crippen molar-refractivity contribution in [2.24, 2.45) is 7.05 Å². The minimum Gasteiger partial charge on any atom is -0.484 e. The van der Waals surface area contributed by atoms with Crippen molar-refractivity contribution in [1.82, 2.24) is 20.0 Å². The van der Waals surface area contributed by atoms with Gasteiger partial charge in [-0.2, -0.15) is 5.10 Å². The number of para-hydroxylation sites is 1. The Labute approximate surface area is 189 Å². The number of aryl methyl sites for hydroxylation is 2. The number of carbonyl (C=O) groups is 1. The molecule has 0 fully saturated rings. The van der Waals surface area contributed by atoms with E-state index in [9.17, 15) is 4.79 Å². The Kier molecular flexibility index (Phi) is 5.95. The fourth-order valence-electron chi connectivity index (χ4n) is 4.87. The number of carbonyl (C=O) groups excluding carboxylic acids is 1. The van der Waals surface area contributed by atoms with E-state index in [2.05, 4.69) is 51.7 Å². The van der Waals surface area contributed by atoms with Crippen LogP contribution < -0.4 is 10.1 Å². The van der Waals surface area contributed by atoms with Crippen molar-refractivity contribution in [2.45, 2.75) is 38.3 Å². The first kappa shape index (κ1) is 20.8. The van der Waals surface area contributed by atoms with Crippen LogP contribution in [-0.4, -0.2) is 40.2 Å². The SMILES string of the molecule is Cn1nc2c(c1C(=O)NCCN1Cc3ccccc3OC(c3ccccc3)C1)CCCC2. The van der Waals surface area contributed by atoms with Gasteiger partial charge in [0, 0.05) is 44.4 Å². The zero-order valence-corrected chi connectivity index (χ0v) is 18.6. The quantitative estimate of drug-likeness (QED) is 0.671. The molecule has 0 saturated heterocycles. The zero-order chi connectivity index (χ0) is 21.9. The number of ether oxygens (including phenoxy) is 1. The molecule has 0 spiro atoms. The summed E-state index contributed by atoms with van der Waals surface area (Å²) in [5.74, 6) is 0.920. The monoisotopic (exact) mass is 430 g/mol. The summed E-state index contributed by atoms with van der Waals surface area (Å²) in [6.45, 7) is 2.92. The molecule has 6 nitrogen and oxygen atoms in total. The third-order valence-corrected chi connectivity index (χ3v) is 6.48. The third-order valence-electron chi connectivity index (χ3n) is 6.48. The molecule has 0 radical (unpaired) electrons. The minimum atomic E-state index is -0.0420. The molecule has 1 aromatic heterocycles. The van der Waals surface area contributed by atoms with Gasteiger partial charge in [-0.1, -0.05) is 48.5 Å². The Morgan fingerprint density at radius 3 is 2.75 bits per heavy atom. The largest absolute Gasteiger partial charge is 0.484 e. The van der Waals surface area contributed by atoms with Crippen molar-refractivity contribution >= 4 is 5.91 Å². The minimum absolute atomic E-state index is 0.0192. The first-order valence-corrected chi connectivity index (χ1v) is 11.5. The second-order valence-corrected chi connectivity index (χ2v) is 8.72. The molecule has 1 unspecified atom stereocenters. The molecule has 2 heterocycles. The Morgan fingerprint density at radius 2 is 1.88 bits per heavy atom. The number of aromatic nitrogens is 2. The molecular weight excluding hydrogens is 400 g/mol. The Bertz CT molecular complexity index is 1090. The first-order valence-electron chi connectivity index (χ1n) is 11.5. The Hall–Kier alpha value is -3.12. The number of fused-ring (bicyclic) bond motifs is 2. The van der Waals surface area contributed by atoms with Crippen LogP contribution in [-0.2, 0) is 26.4 Å². The molecule has 3 aromatic rings. The maximum absolute atomic E-state index is 13.0.